The van der Waals surface area contributed by atoms with Crippen LogP contribution in [0, 0.1) is 0 Å². The van der Waals surface area contributed by atoms with Gasteiger partial charge in [-0.3, -0.25) is 4.79 Å². The summed E-state index contributed by atoms with van der Waals surface area (Å²) in [5.41, 5.74) is 4.57. The number of oxazole rings is 1. The van der Waals surface area contributed by atoms with Gasteiger partial charge in [-0.1, -0.05) is 26.0 Å². The third kappa shape index (κ3) is 3.98. The highest BCUT2D eigenvalue weighted by atomic mass is 32.2. The van der Waals surface area contributed by atoms with E-state index in [4.69, 9.17) is 4.42 Å². The van der Waals surface area contributed by atoms with Gasteiger partial charge in [-0.15, -0.1) is 0 Å². The summed E-state index contributed by atoms with van der Waals surface area (Å²) in [6, 6.07) is 4.44. The van der Waals surface area contributed by atoms with E-state index in [0.717, 1.165) is 41.1 Å². The molecule has 2 aromatic rings. The van der Waals surface area contributed by atoms with Gasteiger partial charge in [0, 0.05) is 19.8 Å². The van der Waals surface area contributed by atoms with Crippen molar-refractivity contribution in [1.29, 1.82) is 0 Å². The van der Waals surface area contributed by atoms with Crippen LogP contribution in [-0.2, 0) is 23.1 Å². The van der Waals surface area contributed by atoms with Crippen molar-refractivity contribution in [2.24, 2.45) is 0 Å². The SMILES string of the molecule is CC(C)c1ccc2c(c1Nc1nc(C(=O)NS(=O)(=O)N(C)C)co1)CCC2. The van der Waals surface area contributed by atoms with Crippen molar-refractivity contribution in [3.8, 4) is 0 Å². The first-order chi connectivity index (χ1) is 12.7. The normalized spacial score (nSPS) is 13.9. The fraction of sp³-hybridized carbons (Fsp3) is 0.444. The topological polar surface area (TPSA) is 105 Å². The van der Waals surface area contributed by atoms with Crippen molar-refractivity contribution < 1.29 is 17.6 Å². The fourth-order valence-electron chi connectivity index (χ4n) is 3.12. The largest absolute Gasteiger partial charge is 0.431 e. The van der Waals surface area contributed by atoms with E-state index < -0.39 is 16.1 Å². The molecule has 3 rings (SSSR count). The number of aryl methyl sites for hydroxylation is 1. The van der Waals surface area contributed by atoms with Gasteiger partial charge in [-0.2, -0.15) is 17.7 Å². The number of anilines is 2. The van der Waals surface area contributed by atoms with Crippen LogP contribution in [0.25, 0.3) is 0 Å². The average molecular weight is 392 g/mol. The van der Waals surface area contributed by atoms with Gasteiger partial charge < -0.3 is 9.73 Å². The summed E-state index contributed by atoms with van der Waals surface area (Å²) in [5.74, 6) is -0.538. The third-order valence-electron chi connectivity index (χ3n) is 4.61. The first-order valence-electron chi connectivity index (χ1n) is 8.81. The second kappa shape index (κ2) is 7.32. The number of fused-ring (bicyclic) bond motifs is 1. The van der Waals surface area contributed by atoms with E-state index in [1.54, 1.807) is 0 Å². The lowest BCUT2D eigenvalue weighted by molar-refractivity contribution is 0.0975. The minimum atomic E-state index is -3.89. The van der Waals surface area contributed by atoms with Crippen molar-refractivity contribution in [2.75, 3.05) is 19.4 Å². The molecule has 0 bridgehead atoms. The molecule has 0 saturated heterocycles. The van der Waals surface area contributed by atoms with Gasteiger partial charge in [0.05, 0.1) is 0 Å². The quantitative estimate of drug-likeness (QED) is 0.783. The van der Waals surface area contributed by atoms with Crippen LogP contribution in [0.1, 0.15) is 53.4 Å². The molecule has 1 aliphatic carbocycles. The first-order valence-corrected chi connectivity index (χ1v) is 10.2. The van der Waals surface area contributed by atoms with E-state index in [9.17, 15) is 13.2 Å². The maximum absolute atomic E-state index is 12.1. The molecule has 0 unspecified atom stereocenters. The summed E-state index contributed by atoms with van der Waals surface area (Å²) in [6.45, 7) is 4.23. The van der Waals surface area contributed by atoms with Gasteiger partial charge >= 0.3 is 10.2 Å². The number of carbonyl (C=O) groups is 1. The van der Waals surface area contributed by atoms with Crippen LogP contribution in [0.4, 0.5) is 11.7 Å². The summed E-state index contributed by atoms with van der Waals surface area (Å²) in [7, 11) is -1.23. The van der Waals surface area contributed by atoms with Crippen LogP contribution in [0.15, 0.2) is 22.8 Å². The zero-order chi connectivity index (χ0) is 19.8. The van der Waals surface area contributed by atoms with E-state index in [0.29, 0.717) is 5.92 Å². The van der Waals surface area contributed by atoms with Gasteiger partial charge in [0.2, 0.25) is 0 Å². The molecule has 9 heteroatoms. The van der Waals surface area contributed by atoms with E-state index in [2.05, 4.69) is 36.3 Å². The lowest BCUT2D eigenvalue weighted by atomic mass is 9.95. The lowest BCUT2D eigenvalue weighted by Gasteiger charge is -2.17. The number of amides is 1. The van der Waals surface area contributed by atoms with Crippen LogP contribution in [0.5, 0.6) is 0 Å². The molecule has 146 valence electrons. The fourth-order valence-corrected chi connectivity index (χ4v) is 3.64. The predicted molar refractivity (Wildman–Crippen MR) is 102 cm³/mol. The Morgan fingerprint density at radius 3 is 2.67 bits per heavy atom. The Bertz CT molecular complexity index is 964. The highest BCUT2D eigenvalue weighted by Gasteiger charge is 2.23. The summed E-state index contributed by atoms with van der Waals surface area (Å²) >= 11 is 0. The number of rotatable bonds is 6. The van der Waals surface area contributed by atoms with Crippen LogP contribution in [0.2, 0.25) is 0 Å². The molecular weight excluding hydrogens is 368 g/mol. The predicted octanol–water partition coefficient (Wildman–Crippen LogP) is 2.57. The Kier molecular flexibility index (Phi) is 5.25. The van der Waals surface area contributed by atoms with Gasteiger partial charge in [-0.25, -0.2) is 4.72 Å². The molecule has 0 aliphatic heterocycles. The molecule has 1 heterocycles. The summed E-state index contributed by atoms with van der Waals surface area (Å²) < 4.78 is 31.8. The highest BCUT2D eigenvalue weighted by Crippen LogP contribution is 2.36. The molecule has 0 spiro atoms. The van der Waals surface area contributed by atoms with Crippen molar-refractivity contribution in [3.05, 3.63) is 40.8 Å². The number of nitrogens with one attached hydrogen (secondary N) is 2. The summed E-state index contributed by atoms with van der Waals surface area (Å²) in [5, 5.41) is 3.20. The summed E-state index contributed by atoms with van der Waals surface area (Å²) in [4.78, 5) is 16.2. The van der Waals surface area contributed by atoms with Crippen molar-refractivity contribution in [2.45, 2.75) is 39.0 Å². The van der Waals surface area contributed by atoms with E-state index >= 15 is 0 Å². The van der Waals surface area contributed by atoms with Crippen LogP contribution < -0.4 is 10.0 Å². The molecule has 1 aromatic carbocycles. The maximum Gasteiger partial charge on any atom is 0.303 e. The second-order valence-electron chi connectivity index (χ2n) is 7.06. The first kappa shape index (κ1) is 19.4. The molecule has 0 atom stereocenters. The third-order valence-corrected chi connectivity index (χ3v) is 6.01. The van der Waals surface area contributed by atoms with Gasteiger partial charge in [-0.05, 0) is 41.9 Å². The highest BCUT2D eigenvalue weighted by molar-refractivity contribution is 7.87. The molecule has 0 radical (unpaired) electrons. The number of nitrogens with zero attached hydrogens (tertiary/aromatic N) is 2. The van der Waals surface area contributed by atoms with Crippen LogP contribution >= 0.6 is 0 Å². The number of hydrogen-bond acceptors (Lipinski definition) is 6. The lowest BCUT2D eigenvalue weighted by Crippen LogP contribution is -2.39. The van der Waals surface area contributed by atoms with Gasteiger partial charge in [0.25, 0.3) is 11.9 Å². The monoisotopic (exact) mass is 392 g/mol. The Hall–Kier alpha value is -2.39. The molecule has 1 aliphatic rings. The van der Waals surface area contributed by atoms with Crippen LogP contribution in [-0.4, -0.2) is 37.7 Å². The smallest absolute Gasteiger partial charge is 0.303 e. The zero-order valence-corrected chi connectivity index (χ0v) is 16.7. The molecule has 27 heavy (non-hydrogen) atoms. The molecule has 1 aromatic heterocycles. The molecule has 0 fully saturated rings. The van der Waals surface area contributed by atoms with Crippen LogP contribution in [0.3, 0.4) is 0 Å². The molecule has 8 nitrogen and oxygen atoms in total. The number of hydrogen-bond donors (Lipinski definition) is 2. The Balaban J connectivity index is 1.85. The average Bonchev–Trinajstić information content (AvgIpc) is 3.23. The van der Waals surface area contributed by atoms with Crippen molar-refractivity contribution >= 4 is 27.8 Å². The Morgan fingerprint density at radius 2 is 2.00 bits per heavy atom. The standard InChI is InChI=1S/C18H24N4O4S/c1-11(2)13-9-8-12-6-5-7-14(12)16(13)20-18-19-15(10-26-18)17(23)21-27(24,25)22(3)4/h8-11H,5-7H2,1-4H3,(H,19,20)(H,21,23). The summed E-state index contributed by atoms with van der Waals surface area (Å²) in [6.07, 6.45) is 4.27. The van der Waals surface area contributed by atoms with E-state index in [1.807, 2.05) is 4.72 Å². The molecule has 1 amide bonds. The van der Waals surface area contributed by atoms with Crippen molar-refractivity contribution in [1.82, 2.24) is 14.0 Å². The number of benzene rings is 1. The number of aromatic nitrogens is 1. The molecule has 0 saturated carbocycles. The zero-order valence-electron chi connectivity index (χ0n) is 15.9. The van der Waals surface area contributed by atoms with Gasteiger partial charge in [0.1, 0.15) is 6.26 Å². The minimum absolute atomic E-state index is 0.110. The van der Waals surface area contributed by atoms with Gasteiger partial charge in [0.15, 0.2) is 5.69 Å². The minimum Gasteiger partial charge on any atom is -0.431 e. The Morgan fingerprint density at radius 1 is 1.26 bits per heavy atom. The van der Waals surface area contributed by atoms with Crippen molar-refractivity contribution in [3.63, 3.8) is 0 Å². The second-order valence-corrected chi connectivity index (χ2v) is 8.94. The van der Waals surface area contributed by atoms with E-state index in [-0.39, 0.29) is 11.7 Å². The van der Waals surface area contributed by atoms with E-state index in [1.165, 1.54) is 25.2 Å². The number of carbonyl (C=O) groups excluding carboxylic acids is 1. The maximum atomic E-state index is 12.1. The molecular formula is C18H24N4O4S. The molecule has 2 N–H and O–H groups in total. The Labute approximate surface area is 159 Å².